The minimum Gasteiger partial charge on any atom is -0.342 e. The molecule has 2 rings (SSSR count). The maximum Gasteiger partial charge on any atom is 0.253 e. The molecule has 0 aliphatic carbocycles. The van der Waals surface area contributed by atoms with Crippen LogP contribution in [-0.4, -0.2) is 47.2 Å². The lowest BCUT2D eigenvalue weighted by Gasteiger charge is -2.16. The van der Waals surface area contributed by atoms with E-state index >= 15 is 0 Å². The summed E-state index contributed by atoms with van der Waals surface area (Å²) >= 11 is 0. The van der Waals surface area contributed by atoms with Gasteiger partial charge in [0.1, 0.15) is 0 Å². The van der Waals surface area contributed by atoms with Crippen molar-refractivity contribution in [1.29, 1.82) is 0 Å². The maximum absolute atomic E-state index is 11.9. The molecular formula is C16H24N2O3. The highest BCUT2D eigenvalue weighted by Gasteiger charge is 2.23. The highest BCUT2D eigenvalue weighted by molar-refractivity contribution is 6.12. The van der Waals surface area contributed by atoms with E-state index < -0.39 is 0 Å². The second-order valence-corrected chi connectivity index (χ2v) is 6.06. The van der Waals surface area contributed by atoms with Crippen molar-refractivity contribution in [3.8, 4) is 0 Å². The Morgan fingerprint density at radius 1 is 1.14 bits per heavy atom. The van der Waals surface area contributed by atoms with Crippen molar-refractivity contribution in [1.82, 2.24) is 9.80 Å². The first-order valence-corrected chi connectivity index (χ1v) is 7.89. The highest BCUT2D eigenvalue weighted by atomic mass is 16.2. The summed E-state index contributed by atoms with van der Waals surface area (Å²) in [6.45, 7) is 4.49. The van der Waals surface area contributed by atoms with Crippen LogP contribution < -0.4 is 0 Å². The third kappa shape index (κ3) is 4.41. The van der Waals surface area contributed by atoms with Gasteiger partial charge in [-0.2, -0.15) is 0 Å². The van der Waals surface area contributed by atoms with Crippen molar-refractivity contribution in [2.75, 3.05) is 19.6 Å². The number of likely N-dealkylation sites (tertiary alicyclic amines) is 1. The molecule has 0 aromatic carbocycles. The zero-order valence-electron chi connectivity index (χ0n) is 12.7. The Labute approximate surface area is 126 Å². The van der Waals surface area contributed by atoms with E-state index in [4.69, 9.17) is 0 Å². The summed E-state index contributed by atoms with van der Waals surface area (Å²) in [5.41, 5.74) is 0. The Kier molecular flexibility index (Phi) is 5.53. The predicted molar refractivity (Wildman–Crippen MR) is 79.3 cm³/mol. The Morgan fingerprint density at radius 3 is 2.43 bits per heavy atom. The maximum atomic E-state index is 11.9. The Bertz CT molecular complexity index is 427. The summed E-state index contributed by atoms with van der Waals surface area (Å²) < 4.78 is 0. The second-order valence-electron chi connectivity index (χ2n) is 6.06. The number of imide groups is 1. The van der Waals surface area contributed by atoms with E-state index in [9.17, 15) is 14.4 Å². The number of hydrogen-bond acceptors (Lipinski definition) is 3. The molecule has 2 aliphatic heterocycles. The molecule has 3 amide bonds. The molecule has 116 valence electrons. The van der Waals surface area contributed by atoms with Crippen molar-refractivity contribution >= 4 is 17.7 Å². The monoisotopic (exact) mass is 292 g/mol. The zero-order chi connectivity index (χ0) is 15.2. The smallest absolute Gasteiger partial charge is 0.253 e. The van der Waals surface area contributed by atoms with Gasteiger partial charge in [0.25, 0.3) is 11.8 Å². The Balaban J connectivity index is 1.51. The molecule has 0 spiro atoms. The van der Waals surface area contributed by atoms with Gasteiger partial charge in [0, 0.05) is 38.2 Å². The second kappa shape index (κ2) is 7.38. The molecule has 0 N–H and O–H groups in total. The standard InChI is InChI=1S/C16H24N2O3/c1-13-9-11-17(12-13)14(19)6-4-2-3-5-10-18-15(20)7-8-16(18)21/h7-8,13H,2-6,9-12H2,1H3/t13-/m1/s1. The number of amides is 3. The van der Waals surface area contributed by atoms with Gasteiger partial charge < -0.3 is 4.90 Å². The molecule has 0 bridgehead atoms. The van der Waals surface area contributed by atoms with Crippen molar-refractivity contribution in [3.63, 3.8) is 0 Å². The van der Waals surface area contributed by atoms with Crippen LogP contribution in [-0.2, 0) is 14.4 Å². The van der Waals surface area contributed by atoms with E-state index in [0.717, 1.165) is 45.2 Å². The molecule has 1 fully saturated rings. The Morgan fingerprint density at radius 2 is 1.81 bits per heavy atom. The van der Waals surface area contributed by atoms with E-state index in [0.29, 0.717) is 18.9 Å². The van der Waals surface area contributed by atoms with Crippen LogP contribution in [0.5, 0.6) is 0 Å². The summed E-state index contributed by atoms with van der Waals surface area (Å²) in [6.07, 6.45) is 8.00. The molecule has 0 aromatic rings. The van der Waals surface area contributed by atoms with Crippen molar-refractivity contribution < 1.29 is 14.4 Å². The van der Waals surface area contributed by atoms with Crippen LogP contribution >= 0.6 is 0 Å². The summed E-state index contributed by atoms with van der Waals surface area (Å²) in [7, 11) is 0. The summed E-state index contributed by atoms with van der Waals surface area (Å²) in [5, 5.41) is 0. The average Bonchev–Trinajstić information content (AvgIpc) is 3.02. The Hall–Kier alpha value is -1.65. The van der Waals surface area contributed by atoms with E-state index in [1.807, 2.05) is 4.90 Å². The van der Waals surface area contributed by atoms with Gasteiger partial charge in [0.15, 0.2) is 0 Å². The third-order valence-electron chi connectivity index (χ3n) is 4.20. The van der Waals surface area contributed by atoms with Gasteiger partial charge in [0.05, 0.1) is 0 Å². The topological polar surface area (TPSA) is 57.7 Å². The lowest BCUT2D eigenvalue weighted by atomic mass is 10.1. The number of unbranched alkanes of at least 4 members (excludes halogenated alkanes) is 3. The largest absolute Gasteiger partial charge is 0.342 e. The molecule has 1 saturated heterocycles. The summed E-state index contributed by atoms with van der Waals surface area (Å²) in [6, 6.07) is 0. The lowest BCUT2D eigenvalue weighted by Crippen LogP contribution is -2.30. The van der Waals surface area contributed by atoms with Crippen LogP contribution in [0.15, 0.2) is 12.2 Å². The van der Waals surface area contributed by atoms with Gasteiger partial charge in [-0.1, -0.05) is 19.8 Å². The number of carbonyl (C=O) groups is 3. The lowest BCUT2D eigenvalue weighted by molar-refractivity contribution is -0.136. The minimum absolute atomic E-state index is 0.210. The zero-order valence-corrected chi connectivity index (χ0v) is 12.7. The van der Waals surface area contributed by atoms with Crippen molar-refractivity contribution in [2.24, 2.45) is 5.92 Å². The SMILES string of the molecule is C[C@@H]1CCN(C(=O)CCCCCCN2C(=O)C=CC2=O)C1. The fourth-order valence-corrected chi connectivity index (χ4v) is 2.87. The molecule has 1 atom stereocenters. The van der Waals surface area contributed by atoms with Gasteiger partial charge in [-0.05, 0) is 25.2 Å². The van der Waals surface area contributed by atoms with Gasteiger partial charge >= 0.3 is 0 Å². The first-order valence-electron chi connectivity index (χ1n) is 7.89. The summed E-state index contributed by atoms with van der Waals surface area (Å²) in [4.78, 5) is 37.9. The van der Waals surface area contributed by atoms with Crippen LogP contribution in [0.3, 0.4) is 0 Å². The fourth-order valence-electron chi connectivity index (χ4n) is 2.87. The van der Waals surface area contributed by atoms with Crippen LogP contribution in [0.4, 0.5) is 0 Å². The van der Waals surface area contributed by atoms with Crippen LogP contribution in [0.25, 0.3) is 0 Å². The average molecular weight is 292 g/mol. The third-order valence-corrected chi connectivity index (χ3v) is 4.20. The first-order chi connectivity index (χ1) is 10.1. The first kappa shape index (κ1) is 15.7. The van der Waals surface area contributed by atoms with E-state index in [-0.39, 0.29) is 17.7 Å². The van der Waals surface area contributed by atoms with Gasteiger partial charge in [0.2, 0.25) is 5.91 Å². The van der Waals surface area contributed by atoms with Gasteiger partial charge in [-0.3, -0.25) is 19.3 Å². The molecule has 0 unspecified atom stereocenters. The van der Waals surface area contributed by atoms with Crippen LogP contribution in [0.2, 0.25) is 0 Å². The molecule has 5 nitrogen and oxygen atoms in total. The molecule has 5 heteroatoms. The normalized spacial score (nSPS) is 21.7. The van der Waals surface area contributed by atoms with E-state index in [2.05, 4.69) is 6.92 Å². The van der Waals surface area contributed by atoms with Crippen LogP contribution in [0, 0.1) is 5.92 Å². The van der Waals surface area contributed by atoms with Crippen LogP contribution in [0.1, 0.15) is 45.4 Å². The molecule has 0 radical (unpaired) electrons. The van der Waals surface area contributed by atoms with Gasteiger partial charge in [-0.25, -0.2) is 0 Å². The number of nitrogens with zero attached hydrogens (tertiary/aromatic N) is 2. The molecule has 0 saturated carbocycles. The van der Waals surface area contributed by atoms with E-state index in [1.165, 1.54) is 17.1 Å². The van der Waals surface area contributed by atoms with E-state index in [1.54, 1.807) is 0 Å². The molecule has 2 heterocycles. The molecule has 0 aromatic heterocycles. The summed E-state index contributed by atoms with van der Waals surface area (Å²) in [5.74, 6) is 0.489. The number of hydrogen-bond donors (Lipinski definition) is 0. The minimum atomic E-state index is -0.210. The number of carbonyl (C=O) groups excluding carboxylic acids is 3. The predicted octanol–water partition coefficient (Wildman–Crippen LogP) is 1.73. The molecule has 21 heavy (non-hydrogen) atoms. The highest BCUT2D eigenvalue weighted by Crippen LogP contribution is 2.17. The molecular weight excluding hydrogens is 268 g/mol. The van der Waals surface area contributed by atoms with Crippen molar-refractivity contribution in [2.45, 2.75) is 45.4 Å². The fraction of sp³-hybridized carbons (Fsp3) is 0.688. The van der Waals surface area contributed by atoms with Crippen molar-refractivity contribution in [3.05, 3.63) is 12.2 Å². The van der Waals surface area contributed by atoms with Gasteiger partial charge in [-0.15, -0.1) is 0 Å². The molecule has 2 aliphatic rings. The quantitative estimate of drug-likeness (QED) is 0.530. The number of rotatable bonds is 7.